The molecule has 3 aromatic carbocycles. The van der Waals surface area contributed by atoms with E-state index in [1.807, 2.05) is 24.3 Å². The molecule has 0 spiro atoms. The third kappa shape index (κ3) is 3.96. The second-order valence-electron chi connectivity index (χ2n) is 7.62. The van der Waals surface area contributed by atoms with Crippen LogP contribution in [0.15, 0.2) is 85.1 Å². The van der Waals surface area contributed by atoms with Gasteiger partial charge in [-0.05, 0) is 60.2 Å². The Morgan fingerprint density at radius 1 is 0.788 bits per heavy atom. The van der Waals surface area contributed by atoms with Crippen LogP contribution >= 0.6 is 0 Å². The molecule has 0 atom stereocenters. The van der Waals surface area contributed by atoms with Crippen LogP contribution in [0, 0.1) is 11.8 Å². The minimum atomic E-state index is -0.610. The van der Waals surface area contributed by atoms with Gasteiger partial charge in [0.25, 0.3) is 11.7 Å². The number of halogens is 2. The zero-order valence-corrected chi connectivity index (χ0v) is 17.3. The van der Waals surface area contributed by atoms with Crippen LogP contribution < -0.4 is 10.2 Å². The van der Waals surface area contributed by atoms with Gasteiger partial charge in [0.15, 0.2) is 0 Å². The van der Waals surface area contributed by atoms with Crippen molar-refractivity contribution in [1.82, 2.24) is 4.98 Å². The largest absolute Gasteiger partial charge is 0.356 e. The van der Waals surface area contributed by atoms with E-state index in [4.69, 9.17) is 0 Å². The molecule has 33 heavy (non-hydrogen) atoms. The first-order chi connectivity index (χ1) is 16.0. The molecule has 0 saturated heterocycles. The molecule has 0 bridgehead atoms. The molecule has 1 aromatic heterocycles. The number of benzene rings is 3. The highest BCUT2D eigenvalue weighted by atomic mass is 19.1. The van der Waals surface area contributed by atoms with Crippen LogP contribution in [0.3, 0.4) is 0 Å². The molecule has 0 saturated carbocycles. The summed E-state index contributed by atoms with van der Waals surface area (Å²) >= 11 is 0. The summed E-state index contributed by atoms with van der Waals surface area (Å²) < 4.78 is 26.4. The van der Waals surface area contributed by atoms with Crippen molar-refractivity contribution in [3.05, 3.63) is 108 Å². The van der Waals surface area contributed by atoms with Gasteiger partial charge >= 0.3 is 0 Å². The lowest BCUT2D eigenvalue weighted by Gasteiger charge is -2.20. The average Bonchev–Trinajstić information content (AvgIpc) is 3.07. The Morgan fingerprint density at radius 2 is 1.45 bits per heavy atom. The van der Waals surface area contributed by atoms with Gasteiger partial charge in [0.2, 0.25) is 5.95 Å². The Hall–Kier alpha value is -4.39. The topological polar surface area (TPSA) is 62.3 Å². The quantitative estimate of drug-likeness (QED) is 0.328. The van der Waals surface area contributed by atoms with Crippen molar-refractivity contribution in [2.24, 2.45) is 0 Å². The molecule has 0 aliphatic carbocycles. The molecule has 1 N–H and O–H groups in total. The Morgan fingerprint density at radius 3 is 2.12 bits per heavy atom. The maximum atomic E-state index is 13.3. The SMILES string of the molecule is O=C1C(=O)N(Cc2ccc(Nc3ccc(F)cc3)cc2)c2c1cccc2-c1ccc(F)nc1. The first-order valence-electron chi connectivity index (χ1n) is 10.2. The second kappa shape index (κ2) is 8.27. The lowest BCUT2D eigenvalue weighted by Crippen LogP contribution is -2.29. The summed E-state index contributed by atoms with van der Waals surface area (Å²) in [5, 5.41) is 3.18. The zero-order chi connectivity index (χ0) is 22.9. The van der Waals surface area contributed by atoms with E-state index >= 15 is 0 Å². The number of ketones is 1. The van der Waals surface area contributed by atoms with Crippen molar-refractivity contribution in [1.29, 1.82) is 0 Å². The fourth-order valence-corrected chi connectivity index (χ4v) is 3.85. The normalized spacial score (nSPS) is 12.7. The molecule has 1 aliphatic rings. The Kier molecular flexibility index (Phi) is 5.14. The van der Waals surface area contributed by atoms with E-state index in [0.717, 1.165) is 16.9 Å². The summed E-state index contributed by atoms with van der Waals surface area (Å²) in [6.45, 7) is 0.194. The first kappa shape index (κ1) is 20.5. The second-order valence-corrected chi connectivity index (χ2v) is 7.62. The van der Waals surface area contributed by atoms with Gasteiger partial charge in [-0.3, -0.25) is 14.5 Å². The van der Waals surface area contributed by atoms with Gasteiger partial charge in [0.05, 0.1) is 17.8 Å². The molecule has 5 nitrogen and oxygen atoms in total. The molecule has 1 amide bonds. The number of anilines is 3. The number of Topliss-reactive ketones (excluding diaryl/α,β-unsaturated/α-hetero) is 1. The van der Waals surface area contributed by atoms with E-state index in [1.165, 1.54) is 29.3 Å². The van der Waals surface area contributed by atoms with Gasteiger partial charge in [-0.2, -0.15) is 4.39 Å². The van der Waals surface area contributed by atoms with E-state index in [9.17, 15) is 18.4 Å². The highest BCUT2D eigenvalue weighted by Gasteiger charge is 2.37. The monoisotopic (exact) mass is 441 g/mol. The summed E-state index contributed by atoms with van der Waals surface area (Å²) in [7, 11) is 0. The van der Waals surface area contributed by atoms with Crippen LogP contribution in [0.4, 0.5) is 25.8 Å². The number of rotatable bonds is 5. The summed E-state index contributed by atoms with van der Waals surface area (Å²) in [5.74, 6) is -2.10. The smallest absolute Gasteiger partial charge is 0.299 e. The van der Waals surface area contributed by atoms with Crippen LogP contribution in [0.1, 0.15) is 15.9 Å². The number of hydrogen-bond acceptors (Lipinski definition) is 4. The van der Waals surface area contributed by atoms with Gasteiger partial charge in [0.1, 0.15) is 5.82 Å². The van der Waals surface area contributed by atoms with Gasteiger partial charge in [-0.1, -0.05) is 24.3 Å². The van der Waals surface area contributed by atoms with Crippen molar-refractivity contribution in [2.75, 3.05) is 10.2 Å². The van der Waals surface area contributed by atoms with Gasteiger partial charge in [-0.15, -0.1) is 0 Å². The summed E-state index contributed by atoms with van der Waals surface area (Å²) in [6.07, 6.45) is 1.38. The zero-order valence-electron chi connectivity index (χ0n) is 17.3. The van der Waals surface area contributed by atoms with Gasteiger partial charge in [0, 0.05) is 28.7 Å². The van der Waals surface area contributed by atoms with E-state index in [0.29, 0.717) is 22.4 Å². The molecule has 0 radical (unpaired) electrons. The molecule has 4 aromatic rings. The van der Waals surface area contributed by atoms with Crippen LogP contribution in [0.2, 0.25) is 0 Å². The molecule has 1 aliphatic heterocycles. The summed E-state index contributed by atoms with van der Waals surface area (Å²) in [6, 6.07) is 21.3. The predicted molar refractivity (Wildman–Crippen MR) is 121 cm³/mol. The van der Waals surface area contributed by atoms with Crippen LogP contribution in [-0.4, -0.2) is 16.7 Å². The third-order valence-corrected chi connectivity index (χ3v) is 5.46. The average molecular weight is 441 g/mol. The number of carbonyl (C=O) groups excluding carboxylic acids is 2. The number of carbonyl (C=O) groups is 2. The molecular weight excluding hydrogens is 424 g/mol. The number of hydrogen-bond donors (Lipinski definition) is 1. The first-order valence-corrected chi connectivity index (χ1v) is 10.2. The molecule has 0 unspecified atom stereocenters. The summed E-state index contributed by atoms with van der Waals surface area (Å²) in [4.78, 5) is 30.5. The lowest BCUT2D eigenvalue weighted by atomic mass is 10.0. The van der Waals surface area contributed by atoms with Gasteiger partial charge < -0.3 is 5.32 Å². The van der Waals surface area contributed by atoms with Crippen molar-refractivity contribution >= 4 is 28.8 Å². The van der Waals surface area contributed by atoms with Crippen molar-refractivity contribution < 1.29 is 18.4 Å². The van der Waals surface area contributed by atoms with Crippen LogP contribution in [0.5, 0.6) is 0 Å². The molecule has 2 heterocycles. The lowest BCUT2D eigenvalue weighted by molar-refractivity contribution is -0.114. The van der Waals surface area contributed by atoms with Crippen molar-refractivity contribution in [3.63, 3.8) is 0 Å². The number of pyridine rings is 1. The number of aromatic nitrogens is 1. The number of amides is 1. The van der Waals surface area contributed by atoms with Crippen LogP contribution in [-0.2, 0) is 11.3 Å². The van der Waals surface area contributed by atoms with Crippen molar-refractivity contribution in [2.45, 2.75) is 6.54 Å². The molecule has 7 heteroatoms. The van der Waals surface area contributed by atoms with E-state index in [2.05, 4.69) is 10.3 Å². The Bertz CT molecular complexity index is 1350. The molecule has 0 fully saturated rings. The molecule has 5 rings (SSSR count). The highest BCUT2D eigenvalue weighted by molar-refractivity contribution is 6.52. The number of nitrogens with zero attached hydrogens (tertiary/aromatic N) is 2. The number of nitrogens with one attached hydrogen (secondary N) is 1. The van der Waals surface area contributed by atoms with E-state index < -0.39 is 17.6 Å². The minimum Gasteiger partial charge on any atom is -0.356 e. The standard InChI is InChI=1S/C26H17F2N3O2/c27-18-7-11-20(12-8-18)30-19-9-4-16(5-10-19)15-31-24-21(17-6-13-23(28)29-14-17)2-1-3-22(24)25(32)26(31)33/h1-14,30H,15H2. The highest BCUT2D eigenvalue weighted by Crippen LogP contribution is 2.39. The Labute approximate surface area is 188 Å². The number of fused-ring (bicyclic) bond motifs is 1. The maximum absolute atomic E-state index is 13.3. The van der Waals surface area contributed by atoms with Crippen molar-refractivity contribution in [3.8, 4) is 11.1 Å². The minimum absolute atomic E-state index is 0.194. The molecule has 162 valence electrons. The Balaban J connectivity index is 1.43. The van der Waals surface area contributed by atoms with E-state index in [1.54, 1.807) is 36.4 Å². The fourth-order valence-electron chi connectivity index (χ4n) is 3.85. The van der Waals surface area contributed by atoms with Gasteiger partial charge in [-0.25, -0.2) is 9.37 Å². The maximum Gasteiger partial charge on any atom is 0.299 e. The third-order valence-electron chi connectivity index (χ3n) is 5.46. The predicted octanol–water partition coefficient (Wildman–Crippen LogP) is 5.50. The number of para-hydroxylation sites is 1. The van der Waals surface area contributed by atoms with Crippen LogP contribution in [0.25, 0.3) is 11.1 Å². The van der Waals surface area contributed by atoms with E-state index in [-0.39, 0.29) is 12.4 Å². The molecular formula is C26H17F2N3O2. The summed E-state index contributed by atoms with van der Waals surface area (Å²) in [5.41, 5.74) is 4.42. The fraction of sp³-hybridized carbons (Fsp3) is 0.0385.